The first-order valence-corrected chi connectivity index (χ1v) is 7.70. The number of benzene rings is 1. The summed E-state index contributed by atoms with van der Waals surface area (Å²) in [5.74, 6) is -1.22. The molecule has 0 spiro atoms. The summed E-state index contributed by atoms with van der Waals surface area (Å²) < 4.78 is 0. The van der Waals surface area contributed by atoms with Gasteiger partial charge in [0.2, 0.25) is 5.91 Å². The van der Waals surface area contributed by atoms with Crippen LogP contribution in [0.25, 0.3) is 0 Å². The average Bonchev–Trinajstić information content (AvgIpc) is 3.00. The predicted molar refractivity (Wildman–Crippen MR) is 81.1 cm³/mol. The minimum absolute atomic E-state index is 0.0435. The smallest absolute Gasteiger partial charge is 0.323 e. The average molecular weight is 289 g/mol. The molecule has 1 fully saturated rings. The van der Waals surface area contributed by atoms with Crippen LogP contribution in [0.5, 0.6) is 0 Å². The number of carboxylic acids is 1. The minimum Gasteiger partial charge on any atom is -0.480 e. The van der Waals surface area contributed by atoms with Gasteiger partial charge in [0.25, 0.3) is 0 Å². The highest BCUT2D eigenvalue weighted by Crippen LogP contribution is 2.28. The Morgan fingerprint density at radius 1 is 1.24 bits per heavy atom. The lowest BCUT2D eigenvalue weighted by molar-refractivity contribution is -0.147. The zero-order chi connectivity index (χ0) is 15.2. The van der Waals surface area contributed by atoms with E-state index in [4.69, 9.17) is 5.11 Å². The van der Waals surface area contributed by atoms with Crippen molar-refractivity contribution in [3.8, 4) is 0 Å². The number of amides is 1. The number of hydrogen-bond acceptors (Lipinski definition) is 2. The summed E-state index contributed by atoms with van der Waals surface area (Å²) in [6.07, 6.45) is 4.69. The zero-order valence-corrected chi connectivity index (χ0v) is 12.5. The molecule has 0 aromatic heterocycles. The highest BCUT2D eigenvalue weighted by atomic mass is 16.4. The van der Waals surface area contributed by atoms with Crippen LogP contribution in [0.1, 0.15) is 50.5 Å². The molecule has 0 radical (unpaired) electrons. The topological polar surface area (TPSA) is 57.6 Å². The quantitative estimate of drug-likeness (QED) is 0.875. The highest BCUT2D eigenvalue weighted by molar-refractivity contribution is 5.87. The molecule has 1 aromatic rings. The molecule has 1 N–H and O–H groups in total. The molecule has 1 amide bonds. The van der Waals surface area contributed by atoms with Crippen molar-refractivity contribution in [1.82, 2.24) is 4.90 Å². The Bertz CT molecular complexity index is 480. The number of nitrogens with zero attached hydrogens (tertiary/aromatic N) is 1. The van der Waals surface area contributed by atoms with E-state index in [9.17, 15) is 9.59 Å². The van der Waals surface area contributed by atoms with Crippen molar-refractivity contribution >= 4 is 11.9 Å². The van der Waals surface area contributed by atoms with Gasteiger partial charge in [-0.2, -0.15) is 0 Å². The van der Waals surface area contributed by atoms with Gasteiger partial charge < -0.3 is 10.0 Å². The number of carbonyl (C=O) groups excluding carboxylic acids is 1. The number of aliphatic carboxylic acids is 1. The normalized spacial score (nSPS) is 16.6. The van der Waals surface area contributed by atoms with Gasteiger partial charge in [0.1, 0.15) is 6.54 Å². The van der Waals surface area contributed by atoms with Gasteiger partial charge >= 0.3 is 5.97 Å². The summed E-state index contributed by atoms with van der Waals surface area (Å²) in [7, 11) is 0. The van der Waals surface area contributed by atoms with Gasteiger partial charge in [0.05, 0.1) is 5.92 Å². The lowest BCUT2D eigenvalue weighted by atomic mass is 9.94. The molecule has 0 saturated heterocycles. The van der Waals surface area contributed by atoms with Crippen molar-refractivity contribution in [3.63, 3.8) is 0 Å². The third-order valence-electron chi connectivity index (χ3n) is 4.26. The maximum absolute atomic E-state index is 12.9. The largest absolute Gasteiger partial charge is 0.480 e. The van der Waals surface area contributed by atoms with Crippen LogP contribution in [0.15, 0.2) is 30.3 Å². The molecule has 1 atom stereocenters. The second kappa shape index (κ2) is 7.25. The van der Waals surface area contributed by atoms with Crippen LogP contribution < -0.4 is 0 Å². The van der Waals surface area contributed by atoms with Crippen LogP contribution in [0, 0.1) is 0 Å². The Morgan fingerprint density at radius 2 is 1.86 bits per heavy atom. The molecule has 1 aliphatic rings. The Labute approximate surface area is 125 Å². The first-order valence-electron chi connectivity index (χ1n) is 7.70. The standard InChI is InChI=1S/C17H23NO3/c1-2-15(13-8-4-3-5-9-13)17(21)18(12-16(19)20)14-10-6-7-11-14/h3-5,8-9,14-15H,2,6-7,10-12H2,1H3,(H,19,20). The van der Waals surface area contributed by atoms with E-state index < -0.39 is 5.97 Å². The van der Waals surface area contributed by atoms with Crippen LogP contribution in [0.2, 0.25) is 0 Å². The molecule has 114 valence electrons. The zero-order valence-electron chi connectivity index (χ0n) is 12.5. The van der Waals surface area contributed by atoms with Crippen molar-refractivity contribution in [1.29, 1.82) is 0 Å². The monoisotopic (exact) mass is 289 g/mol. The maximum atomic E-state index is 12.9. The van der Waals surface area contributed by atoms with Crippen molar-refractivity contribution in [2.75, 3.05) is 6.54 Å². The molecular formula is C17H23NO3. The molecule has 0 bridgehead atoms. The van der Waals surface area contributed by atoms with E-state index in [0.717, 1.165) is 31.2 Å². The van der Waals surface area contributed by atoms with E-state index in [-0.39, 0.29) is 24.4 Å². The van der Waals surface area contributed by atoms with E-state index >= 15 is 0 Å². The summed E-state index contributed by atoms with van der Waals surface area (Å²) in [4.78, 5) is 25.6. The highest BCUT2D eigenvalue weighted by Gasteiger charge is 2.32. The maximum Gasteiger partial charge on any atom is 0.323 e. The van der Waals surface area contributed by atoms with Crippen molar-refractivity contribution < 1.29 is 14.7 Å². The first kappa shape index (κ1) is 15.5. The van der Waals surface area contributed by atoms with E-state index in [0.29, 0.717) is 6.42 Å². The fourth-order valence-corrected chi connectivity index (χ4v) is 3.19. The summed E-state index contributed by atoms with van der Waals surface area (Å²) in [5.41, 5.74) is 0.971. The molecule has 2 rings (SSSR count). The Hall–Kier alpha value is -1.84. The van der Waals surface area contributed by atoms with E-state index in [2.05, 4.69) is 0 Å². The van der Waals surface area contributed by atoms with Crippen LogP contribution in [-0.2, 0) is 9.59 Å². The molecular weight excluding hydrogens is 266 g/mol. The van der Waals surface area contributed by atoms with E-state index in [1.807, 2.05) is 37.3 Å². The van der Waals surface area contributed by atoms with Gasteiger partial charge in [0.15, 0.2) is 0 Å². The van der Waals surface area contributed by atoms with Crippen molar-refractivity contribution in [2.45, 2.75) is 51.0 Å². The lowest BCUT2D eigenvalue weighted by Gasteiger charge is -2.31. The number of carboxylic acid groups (broad SMARTS) is 1. The molecule has 1 aromatic carbocycles. The van der Waals surface area contributed by atoms with E-state index in [1.165, 1.54) is 0 Å². The molecule has 1 unspecified atom stereocenters. The fourth-order valence-electron chi connectivity index (χ4n) is 3.19. The number of hydrogen-bond donors (Lipinski definition) is 1. The van der Waals surface area contributed by atoms with Gasteiger partial charge in [-0.25, -0.2) is 0 Å². The minimum atomic E-state index is -0.932. The third-order valence-corrected chi connectivity index (χ3v) is 4.26. The third kappa shape index (κ3) is 3.84. The molecule has 0 aliphatic heterocycles. The Morgan fingerprint density at radius 3 is 2.38 bits per heavy atom. The van der Waals surface area contributed by atoms with Gasteiger partial charge in [0, 0.05) is 6.04 Å². The van der Waals surface area contributed by atoms with Crippen LogP contribution in [-0.4, -0.2) is 34.5 Å². The SMILES string of the molecule is CCC(C(=O)N(CC(=O)O)C1CCCC1)c1ccccc1. The first-order chi connectivity index (χ1) is 10.1. The van der Waals surface area contributed by atoms with Crippen LogP contribution >= 0.6 is 0 Å². The summed E-state index contributed by atoms with van der Waals surface area (Å²) in [6, 6.07) is 9.74. The van der Waals surface area contributed by atoms with Gasteiger partial charge in [-0.05, 0) is 24.8 Å². The van der Waals surface area contributed by atoms with Gasteiger partial charge in [-0.1, -0.05) is 50.1 Å². The van der Waals surface area contributed by atoms with E-state index in [1.54, 1.807) is 4.90 Å². The number of carbonyl (C=O) groups is 2. The van der Waals surface area contributed by atoms with Gasteiger partial charge in [-0.3, -0.25) is 9.59 Å². The Kier molecular flexibility index (Phi) is 5.37. The molecule has 21 heavy (non-hydrogen) atoms. The molecule has 1 aliphatic carbocycles. The molecule has 4 nitrogen and oxygen atoms in total. The van der Waals surface area contributed by atoms with Crippen molar-refractivity contribution in [2.24, 2.45) is 0 Å². The Balaban J connectivity index is 2.20. The summed E-state index contributed by atoms with van der Waals surface area (Å²) >= 11 is 0. The molecule has 0 heterocycles. The molecule has 4 heteroatoms. The fraction of sp³-hybridized carbons (Fsp3) is 0.529. The van der Waals surface area contributed by atoms with Crippen molar-refractivity contribution in [3.05, 3.63) is 35.9 Å². The summed E-state index contributed by atoms with van der Waals surface area (Å²) in [6.45, 7) is 1.79. The predicted octanol–water partition coefficient (Wildman–Crippen LogP) is 3.04. The second-order valence-electron chi connectivity index (χ2n) is 5.67. The summed E-state index contributed by atoms with van der Waals surface area (Å²) in [5, 5.41) is 9.12. The van der Waals surface area contributed by atoms with Crippen LogP contribution in [0.3, 0.4) is 0 Å². The van der Waals surface area contributed by atoms with Crippen LogP contribution in [0.4, 0.5) is 0 Å². The number of rotatable bonds is 6. The lowest BCUT2D eigenvalue weighted by Crippen LogP contribution is -2.44. The van der Waals surface area contributed by atoms with Gasteiger partial charge in [-0.15, -0.1) is 0 Å². The molecule has 1 saturated carbocycles. The second-order valence-corrected chi connectivity index (χ2v) is 5.67.